The van der Waals surface area contributed by atoms with Crippen LogP contribution >= 0.6 is 0 Å². The molecule has 2 fully saturated rings. The van der Waals surface area contributed by atoms with E-state index in [4.69, 9.17) is 14.6 Å². The lowest BCUT2D eigenvalue weighted by Crippen LogP contribution is -2.47. The molecular formula is C15H27F3N2O5S. The number of halogens is 3. The van der Waals surface area contributed by atoms with Crippen LogP contribution in [-0.4, -0.2) is 74.2 Å². The zero-order chi connectivity index (χ0) is 20.2. The van der Waals surface area contributed by atoms with E-state index >= 15 is 0 Å². The van der Waals surface area contributed by atoms with Gasteiger partial charge in [0, 0.05) is 25.7 Å². The van der Waals surface area contributed by atoms with Gasteiger partial charge in [0.2, 0.25) is 10.0 Å². The number of aliphatic carboxylic acids is 1. The van der Waals surface area contributed by atoms with E-state index in [9.17, 15) is 21.6 Å². The molecule has 0 unspecified atom stereocenters. The van der Waals surface area contributed by atoms with Crippen molar-refractivity contribution in [3.8, 4) is 0 Å². The first-order chi connectivity index (χ1) is 11.7. The molecule has 154 valence electrons. The number of carbonyl (C=O) groups is 1. The summed E-state index contributed by atoms with van der Waals surface area (Å²) >= 11 is 0. The Kier molecular flexibility index (Phi) is 7.88. The van der Waals surface area contributed by atoms with Gasteiger partial charge >= 0.3 is 12.1 Å². The summed E-state index contributed by atoms with van der Waals surface area (Å²) in [4.78, 5) is 11.3. The Morgan fingerprint density at radius 1 is 1.38 bits per heavy atom. The van der Waals surface area contributed by atoms with Crippen LogP contribution in [0.2, 0.25) is 0 Å². The fraction of sp³-hybridized carbons (Fsp3) is 0.933. The Labute approximate surface area is 151 Å². The minimum Gasteiger partial charge on any atom is -0.475 e. The average Bonchev–Trinajstić information content (AvgIpc) is 2.88. The molecule has 26 heavy (non-hydrogen) atoms. The van der Waals surface area contributed by atoms with Crippen molar-refractivity contribution in [1.82, 2.24) is 9.62 Å². The molecule has 2 atom stereocenters. The number of nitrogens with zero attached hydrogens (tertiary/aromatic N) is 1. The van der Waals surface area contributed by atoms with Crippen LogP contribution in [0.3, 0.4) is 0 Å². The number of ether oxygens (including phenoxy) is 1. The third-order valence-electron chi connectivity index (χ3n) is 4.47. The fourth-order valence-corrected chi connectivity index (χ4v) is 3.62. The topological polar surface area (TPSA) is 95.9 Å². The summed E-state index contributed by atoms with van der Waals surface area (Å²) in [7, 11) is -3.12. The monoisotopic (exact) mass is 404 g/mol. The molecule has 7 nitrogen and oxygen atoms in total. The smallest absolute Gasteiger partial charge is 0.475 e. The maximum atomic E-state index is 11.2. The molecule has 0 aromatic rings. The first-order valence-electron chi connectivity index (χ1n) is 8.41. The van der Waals surface area contributed by atoms with Crippen molar-refractivity contribution in [3.05, 3.63) is 0 Å². The highest BCUT2D eigenvalue weighted by molar-refractivity contribution is 7.88. The Balaban J connectivity index is 0.000000412. The molecule has 2 N–H and O–H groups in total. The van der Waals surface area contributed by atoms with Crippen molar-refractivity contribution < 1.29 is 36.2 Å². The van der Waals surface area contributed by atoms with Crippen LogP contribution in [0.1, 0.15) is 39.5 Å². The van der Waals surface area contributed by atoms with Gasteiger partial charge in [-0.3, -0.25) is 4.90 Å². The van der Waals surface area contributed by atoms with Crippen LogP contribution in [0.4, 0.5) is 13.2 Å². The van der Waals surface area contributed by atoms with Gasteiger partial charge in [-0.25, -0.2) is 17.9 Å². The van der Waals surface area contributed by atoms with Crippen LogP contribution in [-0.2, 0) is 19.6 Å². The molecule has 0 bridgehead atoms. The summed E-state index contributed by atoms with van der Waals surface area (Å²) in [5, 5.41) is 7.12. The summed E-state index contributed by atoms with van der Waals surface area (Å²) in [5.74, 6) is -2.76. The zero-order valence-electron chi connectivity index (χ0n) is 15.2. The highest BCUT2D eigenvalue weighted by atomic mass is 32.2. The van der Waals surface area contributed by atoms with E-state index < -0.39 is 22.2 Å². The molecular weight excluding hydrogens is 377 g/mol. The predicted octanol–water partition coefficient (Wildman–Crippen LogP) is 1.59. The van der Waals surface area contributed by atoms with E-state index in [2.05, 4.69) is 23.5 Å². The second-order valence-electron chi connectivity index (χ2n) is 7.05. The van der Waals surface area contributed by atoms with E-state index in [1.54, 1.807) is 0 Å². The number of carboxylic acids is 1. The molecule has 0 aliphatic carbocycles. The second-order valence-corrected chi connectivity index (χ2v) is 8.89. The number of alkyl halides is 3. The van der Waals surface area contributed by atoms with Crippen LogP contribution in [0.25, 0.3) is 0 Å². The van der Waals surface area contributed by atoms with Gasteiger partial charge in [-0.05, 0) is 39.5 Å². The van der Waals surface area contributed by atoms with Gasteiger partial charge in [-0.15, -0.1) is 0 Å². The Morgan fingerprint density at radius 3 is 2.38 bits per heavy atom. The molecule has 0 aromatic heterocycles. The van der Waals surface area contributed by atoms with E-state index in [0.717, 1.165) is 38.8 Å². The lowest BCUT2D eigenvalue weighted by molar-refractivity contribution is -0.192. The van der Waals surface area contributed by atoms with Crippen molar-refractivity contribution in [3.63, 3.8) is 0 Å². The highest BCUT2D eigenvalue weighted by Crippen LogP contribution is 2.37. The SMILES string of the molecule is CC(C)N1CC[C@]2(CCC[C@@H](CNS(C)(=O)=O)O2)C1.O=C(O)C(F)(F)F. The maximum absolute atomic E-state index is 11.2. The minimum absolute atomic E-state index is 0.0237. The number of hydrogen-bond donors (Lipinski definition) is 2. The largest absolute Gasteiger partial charge is 0.490 e. The molecule has 0 aromatic carbocycles. The van der Waals surface area contributed by atoms with Crippen molar-refractivity contribution in [2.75, 3.05) is 25.9 Å². The predicted molar refractivity (Wildman–Crippen MR) is 89.3 cm³/mol. The quantitative estimate of drug-likeness (QED) is 0.739. The van der Waals surface area contributed by atoms with Crippen LogP contribution in [0, 0.1) is 0 Å². The Bertz CT molecular complexity index is 582. The molecule has 1 spiro atoms. The molecule has 2 heterocycles. The summed E-state index contributed by atoms with van der Waals surface area (Å²) < 4.78 is 62.9. The molecule has 0 radical (unpaired) electrons. The first kappa shape index (κ1) is 23.1. The van der Waals surface area contributed by atoms with Crippen molar-refractivity contribution in [2.45, 2.75) is 63.5 Å². The van der Waals surface area contributed by atoms with Gasteiger partial charge in [0.15, 0.2) is 0 Å². The van der Waals surface area contributed by atoms with Gasteiger partial charge in [-0.1, -0.05) is 0 Å². The molecule has 2 rings (SSSR count). The molecule has 2 aliphatic heterocycles. The minimum atomic E-state index is -5.08. The van der Waals surface area contributed by atoms with Crippen molar-refractivity contribution >= 4 is 16.0 Å². The normalized spacial score (nSPS) is 27.4. The summed E-state index contributed by atoms with van der Waals surface area (Å²) in [5.41, 5.74) is -0.0353. The number of likely N-dealkylation sites (tertiary alicyclic amines) is 1. The molecule has 0 amide bonds. The fourth-order valence-electron chi connectivity index (χ4n) is 3.13. The highest BCUT2D eigenvalue weighted by Gasteiger charge is 2.43. The number of rotatable bonds is 4. The molecule has 0 saturated carbocycles. The first-order valence-corrected chi connectivity index (χ1v) is 10.3. The van der Waals surface area contributed by atoms with Crippen LogP contribution in [0.15, 0.2) is 0 Å². The summed E-state index contributed by atoms with van der Waals surface area (Å²) in [6.45, 7) is 6.90. The molecule has 11 heteroatoms. The Hall–Kier alpha value is -0.910. The van der Waals surface area contributed by atoms with Gasteiger partial charge < -0.3 is 9.84 Å². The van der Waals surface area contributed by atoms with E-state index in [1.807, 2.05) is 0 Å². The van der Waals surface area contributed by atoms with Gasteiger partial charge in [-0.2, -0.15) is 13.2 Å². The van der Waals surface area contributed by atoms with Crippen molar-refractivity contribution in [1.29, 1.82) is 0 Å². The third-order valence-corrected chi connectivity index (χ3v) is 5.16. The average molecular weight is 404 g/mol. The van der Waals surface area contributed by atoms with E-state index in [0.29, 0.717) is 12.6 Å². The Morgan fingerprint density at radius 2 is 1.96 bits per heavy atom. The van der Waals surface area contributed by atoms with Crippen LogP contribution < -0.4 is 4.72 Å². The third kappa shape index (κ3) is 7.77. The number of nitrogens with one attached hydrogen (secondary N) is 1. The molecule has 2 saturated heterocycles. The van der Waals surface area contributed by atoms with Crippen LogP contribution in [0.5, 0.6) is 0 Å². The van der Waals surface area contributed by atoms with E-state index in [-0.39, 0.29) is 11.7 Å². The number of hydrogen-bond acceptors (Lipinski definition) is 5. The van der Waals surface area contributed by atoms with Gasteiger partial charge in [0.05, 0.1) is 18.0 Å². The second kappa shape index (κ2) is 8.85. The molecule has 2 aliphatic rings. The lowest BCUT2D eigenvalue weighted by atomic mass is 9.90. The van der Waals surface area contributed by atoms with E-state index in [1.165, 1.54) is 6.26 Å². The number of carboxylic acid groups (broad SMARTS) is 1. The van der Waals surface area contributed by atoms with Gasteiger partial charge in [0.25, 0.3) is 0 Å². The lowest BCUT2D eigenvalue weighted by Gasteiger charge is -2.39. The summed E-state index contributed by atoms with van der Waals surface area (Å²) in [6.07, 6.45) is 0.387. The number of sulfonamides is 1. The standard InChI is InChI=1S/C13H26N2O3S.C2HF3O2/c1-11(2)15-8-7-13(10-15)6-4-5-12(18-13)9-14-19(3,16)17;3-2(4,5)1(6)7/h11-12,14H,4-10H2,1-3H3;(H,6,7)/t12-,13+;/m0./s1. The van der Waals surface area contributed by atoms with Gasteiger partial charge in [0.1, 0.15) is 0 Å². The summed E-state index contributed by atoms with van der Waals surface area (Å²) in [6, 6.07) is 0.553. The maximum Gasteiger partial charge on any atom is 0.490 e. The zero-order valence-corrected chi connectivity index (χ0v) is 16.0. The van der Waals surface area contributed by atoms with Crippen molar-refractivity contribution in [2.24, 2.45) is 0 Å².